The molecule has 19 heavy (non-hydrogen) atoms. The van der Waals surface area contributed by atoms with Crippen LogP contribution in [0.2, 0.25) is 0 Å². The van der Waals surface area contributed by atoms with Gasteiger partial charge in [-0.1, -0.05) is 18.2 Å². The van der Waals surface area contributed by atoms with E-state index in [1.807, 2.05) is 4.90 Å². The van der Waals surface area contributed by atoms with E-state index in [9.17, 15) is 13.6 Å². The zero-order chi connectivity index (χ0) is 13.8. The number of carboxylic acid groups (broad SMARTS) is 1. The van der Waals surface area contributed by atoms with Gasteiger partial charge >= 0.3 is 12.6 Å². The molecule has 1 N–H and O–H groups in total. The van der Waals surface area contributed by atoms with Crippen LogP contribution < -0.4 is 4.74 Å². The minimum atomic E-state index is -2.86. The fraction of sp³-hybridized carbons (Fsp3) is 0.462. The van der Waals surface area contributed by atoms with Gasteiger partial charge < -0.3 is 9.84 Å². The van der Waals surface area contributed by atoms with Gasteiger partial charge in [-0.2, -0.15) is 8.78 Å². The molecule has 4 nitrogen and oxygen atoms in total. The summed E-state index contributed by atoms with van der Waals surface area (Å²) >= 11 is 0. The molecule has 1 aliphatic rings. The van der Waals surface area contributed by atoms with Gasteiger partial charge in [0.1, 0.15) is 5.75 Å². The molecule has 6 heteroatoms. The van der Waals surface area contributed by atoms with Crippen LogP contribution >= 0.6 is 0 Å². The molecule has 0 aliphatic carbocycles. The van der Waals surface area contributed by atoms with Gasteiger partial charge in [0.05, 0.1) is 5.92 Å². The first-order valence-electron chi connectivity index (χ1n) is 6.04. The van der Waals surface area contributed by atoms with Crippen LogP contribution in [0.4, 0.5) is 8.78 Å². The molecule has 1 aliphatic heterocycles. The van der Waals surface area contributed by atoms with E-state index < -0.39 is 12.6 Å². The largest absolute Gasteiger partial charge is 0.481 e. The van der Waals surface area contributed by atoms with Crippen molar-refractivity contribution < 1.29 is 23.4 Å². The van der Waals surface area contributed by atoms with Crippen molar-refractivity contribution in [3.05, 3.63) is 29.8 Å². The Morgan fingerprint density at radius 2 is 2.21 bits per heavy atom. The van der Waals surface area contributed by atoms with Gasteiger partial charge in [0.25, 0.3) is 0 Å². The second kappa shape index (κ2) is 5.97. The van der Waals surface area contributed by atoms with Gasteiger partial charge in [-0.25, -0.2) is 0 Å². The fourth-order valence-electron chi connectivity index (χ4n) is 2.26. The zero-order valence-corrected chi connectivity index (χ0v) is 10.3. The van der Waals surface area contributed by atoms with Crippen molar-refractivity contribution in [3.8, 4) is 5.75 Å². The topological polar surface area (TPSA) is 49.8 Å². The lowest BCUT2D eigenvalue weighted by molar-refractivity contribution is -0.141. The SMILES string of the molecule is O=C(O)C1CCN(Cc2ccccc2OC(F)F)C1. The van der Waals surface area contributed by atoms with E-state index in [0.29, 0.717) is 31.6 Å². The maximum absolute atomic E-state index is 12.3. The average molecular weight is 271 g/mol. The second-order valence-electron chi connectivity index (χ2n) is 4.55. The van der Waals surface area contributed by atoms with Gasteiger partial charge in [0.2, 0.25) is 0 Å². The Morgan fingerprint density at radius 3 is 2.84 bits per heavy atom. The Bertz CT molecular complexity index is 453. The van der Waals surface area contributed by atoms with E-state index in [-0.39, 0.29) is 11.7 Å². The quantitative estimate of drug-likeness (QED) is 0.892. The van der Waals surface area contributed by atoms with Crippen molar-refractivity contribution in [2.45, 2.75) is 19.6 Å². The molecule has 1 fully saturated rings. The van der Waals surface area contributed by atoms with Crippen molar-refractivity contribution in [3.63, 3.8) is 0 Å². The molecular formula is C13H15F2NO3. The predicted molar refractivity (Wildman–Crippen MR) is 64.1 cm³/mol. The van der Waals surface area contributed by atoms with E-state index in [2.05, 4.69) is 4.74 Å². The van der Waals surface area contributed by atoms with E-state index >= 15 is 0 Å². The summed E-state index contributed by atoms with van der Waals surface area (Å²) in [6.45, 7) is -1.34. The number of aliphatic carboxylic acids is 1. The number of nitrogens with zero attached hydrogens (tertiary/aromatic N) is 1. The van der Waals surface area contributed by atoms with E-state index in [1.54, 1.807) is 18.2 Å². The molecule has 0 amide bonds. The second-order valence-corrected chi connectivity index (χ2v) is 4.55. The number of likely N-dealkylation sites (tertiary alicyclic amines) is 1. The highest BCUT2D eigenvalue weighted by Gasteiger charge is 2.28. The fourth-order valence-corrected chi connectivity index (χ4v) is 2.26. The lowest BCUT2D eigenvalue weighted by atomic mass is 10.1. The molecule has 1 unspecified atom stereocenters. The standard InChI is InChI=1S/C13H15F2NO3/c14-13(15)19-11-4-2-1-3-9(11)7-16-6-5-10(8-16)12(17)18/h1-4,10,13H,5-8H2,(H,17,18). The Hall–Kier alpha value is -1.69. The van der Waals surface area contributed by atoms with Crippen LogP contribution in [-0.4, -0.2) is 35.7 Å². The summed E-state index contributed by atoms with van der Waals surface area (Å²) in [5.74, 6) is -1.03. The zero-order valence-electron chi connectivity index (χ0n) is 10.3. The van der Waals surface area contributed by atoms with Gasteiger partial charge in [-0.05, 0) is 19.0 Å². The Balaban J connectivity index is 2.01. The molecule has 2 rings (SSSR count). The number of ether oxygens (including phenoxy) is 1. The van der Waals surface area contributed by atoms with E-state index in [1.165, 1.54) is 6.07 Å². The number of rotatable bonds is 5. The molecule has 0 radical (unpaired) electrons. The first-order chi connectivity index (χ1) is 9.06. The summed E-state index contributed by atoms with van der Waals surface area (Å²) in [4.78, 5) is 12.8. The van der Waals surface area contributed by atoms with Crippen molar-refractivity contribution in [1.82, 2.24) is 4.90 Å². The van der Waals surface area contributed by atoms with Crippen molar-refractivity contribution >= 4 is 5.97 Å². The van der Waals surface area contributed by atoms with Crippen LogP contribution in [0.3, 0.4) is 0 Å². The number of hydrogen-bond donors (Lipinski definition) is 1. The third-order valence-corrected chi connectivity index (χ3v) is 3.20. The Morgan fingerprint density at radius 1 is 1.47 bits per heavy atom. The summed E-state index contributed by atoms with van der Waals surface area (Å²) in [5.41, 5.74) is 0.647. The molecular weight excluding hydrogens is 256 g/mol. The van der Waals surface area contributed by atoms with E-state index in [4.69, 9.17) is 5.11 Å². The van der Waals surface area contributed by atoms with Crippen molar-refractivity contribution in [1.29, 1.82) is 0 Å². The number of alkyl halides is 2. The van der Waals surface area contributed by atoms with Crippen molar-refractivity contribution in [2.24, 2.45) is 5.92 Å². The van der Waals surface area contributed by atoms with Gasteiger partial charge in [0, 0.05) is 18.7 Å². The number of carboxylic acids is 1. The molecule has 0 spiro atoms. The smallest absolute Gasteiger partial charge is 0.387 e. The van der Waals surface area contributed by atoms with Crippen LogP contribution in [0.1, 0.15) is 12.0 Å². The third kappa shape index (κ3) is 3.64. The minimum Gasteiger partial charge on any atom is -0.481 e. The number of carbonyl (C=O) groups is 1. The molecule has 0 aromatic heterocycles. The van der Waals surface area contributed by atoms with Gasteiger partial charge in [-0.3, -0.25) is 9.69 Å². The molecule has 0 bridgehead atoms. The number of halogens is 2. The van der Waals surface area contributed by atoms with E-state index in [0.717, 1.165) is 0 Å². The molecule has 104 valence electrons. The maximum atomic E-state index is 12.3. The molecule has 0 saturated carbocycles. The number of hydrogen-bond acceptors (Lipinski definition) is 3. The van der Waals surface area contributed by atoms with Crippen molar-refractivity contribution in [2.75, 3.05) is 13.1 Å². The van der Waals surface area contributed by atoms with Crippen LogP contribution in [-0.2, 0) is 11.3 Å². The normalized spacial score (nSPS) is 19.8. The lowest BCUT2D eigenvalue weighted by Gasteiger charge is -2.17. The Kier molecular flexibility index (Phi) is 4.31. The van der Waals surface area contributed by atoms with Crippen LogP contribution in [0.25, 0.3) is 0 Å². The van der Waals surface area contributed by atoms with Crippen LogP contribution in [0, 0.1) is 5.92 Å². The summed E-state index contributed by atoms with van der Waals surface area (Å²) in [7, 11) is 0. The average Bonchev–Trinajstić information content (AvgIpc) is 2.80. The van der Waals surface area contributed by atoms with Crippen LogP contribution in [0.15, 0.2) is 24.3 Å². The number of para-hydroxylation sites is 1. The Labute approximate surface area is 109 Å². The summed E-state index contributed by atoms with van der Waals surface area (Å²) in [5, 5.41) is 8.92. The summed E-state index contributed by atoms with van der Waals surface area (Å²) in [6.07, 6.45) is 0.590. The highest BCUT2D eigenvalue weighted by atomic mass is 19.3. The minimum absolute atomic E-state index is 0.149. The monoisotopic (exact) mass is 271 g/mol. The molecule has 1 aromatic carbocycles. The van der Waals surface area contributed by atoms with Gasteiger partial charge in [-0.15, -0.1) is 0 Å². The van der Waals surface area contributed by atoms with Gasteiger partial charge in [0.15, 0.2) is 0 Å². The predicted octanol–water partition coefficient (Wildman–Crippen LogP) is 2.19. The summed E-state index contributed by atoms with van der Waals surface area (Å²) < 4.78 is 29.0. The first kappa shape index (κ1) is 13.7. The molecule has 1 saturated heterocycles. The maximum Gasteiger partial charge on any atom is 0.387 e. The summed E-state index contributed by atoms with van der Waals surface area (Å²) in [6, 6.07) is 6.59. The third-order valence-electron chi connectivity index (χ3n) is 3.20. The lowest BCUT2D eigenvalue weighted by Crippen LogP contribution is -2.23. The van der Waals surface area contributed by atoms with Crippen LogP contribution in [0.5, 0.6) is 5.75 Å². The number of benzene rings is 1. The molecule has 1 aromatic rings. The highest BCUT2D eigenvalue weighted by molar-refractivity contribution is 5.70. The highest BCUT2D eigenvalue weighted by Crippen LogP contribution is 2.25. The molecule has 1 heterocycles. The molecule has 1 atom stereocenters. The first-order valence-corrected chi connectivity index (χ1v) is 6.04.